The Morgan fingerprint density at radius 2 is 2.08 bits per heavy atom. The number of carbonyl (C=O) groups excluding carboxylic acids is 3. The van der Waals surface area contributed by atoms with Gasteiger partial charge in [-0.25, -0.2) is 0 Å². The minimum absolute atomic E-state index is 0.0196. The van der Waals surface area contributed by atoms with E-state index in [2.05, 4.69) is 0 Å². The van der Waals surface area contributed by atoms with E-state index in [4.69, 9.17) is 9.47 Å². The van der Waals surface area contributed by atoms with Gasteiger partial charge < -0.3 is 19.5 Å². The minimum Gasteiger partial charge on any atom is -0.504 e. The predicted octanol–water partition coefficient (Wildman–Crippen LogP) is 1.30. The molecule has 2 saturated heterocycles. The van der Waals surface area contributed by atoms with E-state index >= 15 is 0 Å². The number of methoxy groups -OCH3 is 1. The number of morpholine rings is 1. The molecule has 0 atom stereocenters. The van der Waals surface area contributed by atoms with Crippen molar-refractivity contribution >= 4 is 34.9 Å². The highest BCUT2D eigenvalue weighted by atomic mass is 32.2. The molecule has 3 amide bonds. The first-order valence-electron chi connectivity index (χ1n) is 7.97. The molecule has 0 aliphatic carbocycles. The molecule has 1 aromatic carbocycles. The number of rotatable bonds is 4. The molecule has 2 aliphatic rings. The summed E-state index contributed by atoms with van der Waals surface area (Å²) in [6.07, 6.45) is 1.53. The van der Waals surface area contributed by atoms with Crippen molar-refractivity contribution in [1.29, 1.82) is 0 Å². The van der Waals surface area contributed by atoms with Crippen molar-refractivity contribution in [2.45, 2.75) is 0 Å². The van der Waals surface area contributed by atoms with Crippen LogP contribution < -0.4 is 4.74 Å². The average Bonchev–Trinajstić information content (AvgIpc) is 2.91. The zero-order valence-electron chi connectivity index (χ0n) is 14.1. The lowest BCUT2D eigenvalue weighted by atomic mass is 10.2. The predicted molar refractivity (Wildman–Crippen MR) is 94.7 cm³/mol. The Bertz CT molecular complexity index is 773. The third kappa shape index (κ3) is 3.83. The maximum absolute atomic E-state index is 12.5. The van der Waals surface area contributed by atoms with Gasteiger partial charge in [-0.05, 0) is 35.5 Å². The van der Waals surface area contributed by atoms with E-state index in [1.165, 1.54) is 19.3 Å². The molecule has 0 bridgehead atoms. The van der Waals surface area contributed by atoms with Crippen LogP contribution in [0.5, 0.6) is 11.5 Å². The Labute approximate surface area is 154 Å². The second kappa shape index (κ2) is 7.79. The van der Waals surface area contributed by atoms with E-state index in [1.807, 2.05) is 0 Å². The van der Waals surface area contributed by atoms with Crippen LogP contribution in [0.1, 0.15) is 5.56 Å². The Hall–Kier alpha value is -2.52. The molecule has 1 N–H and O–H groups in total. The number of imide groups is 1. The van der Waals surface area contributed by atoms with Crippen molar-refractivity contribution in [2.75, 3.05) is 40.0 Å². The smallest absolute Gasteiger partial charge is 0.294 e. The van der Waals surface area contributed by atoms with E-state index in [1.54, 1.807) is 17.0 Å². The van der Waals surface area contributed by atoms with Gasteiger partial charge in [-0.2, -0.15) is 0 Å². The molecule has 0 spiro atoms. The number of phenolic OH excluding ortho intramolecular Hbond substituents is 1. The van der Waals surface area contributed by atoms with Crippen LogP contribution in [-0.4, -0.2) is 71.9 Å². The van der Waals surface area contributed by atoms with Crippen molar-refractivity contribution in [3.8, 4) is 11.5 Å². The average molecular weight is 378 g/mol. The van der Waals surface area contributed by atoms with Crippen molar-refractivity contribution in [3.05, 3.63) is 28.7 Å². The quantitative estimate of drug-likeness (QED) is 0.789. The van der Waals surface area contributed by atoms with Gasteiger partial charge in [0, 0.05) is 13.1 Å². The lowest BCUT2D eigenvalue weighted by molar-refractivity contribution is -0.139. The number of phenols is 1. The molecule has 9 heteroatoms. The number of hydrogen-bond donors (Lipinski definition) is 1. The van der Waals surface area contributed by atoms with Gasteiger partial charge in [-0.3, -0.25) is 19.3 Å². The van der Waals surface area contributed by atoms with Crippen LogP contribution in [0.3, 0.4) is 0 Å². The van der Waals surface area contributed by atoms with Crippen LogP contribution in [0.2, 0.25) is 0 Å². The third-order valence-electron chi connectivity index (χ3n) is 4.03. The van der Waals surface area contributed by atoms with E-state index in [9.17, 15) is 19.5 Å². The molecule has 0 saturated carbocycles. The molecule has 2 fully saturated rings. The minimum atomic E-state index is -0.506. The lowest BCUT2D eigenvalue weighted by Crippen LogP contribution is -2.46. The topological polar surface area (TPSA) is 96.4 Å². The highest BCUT2D eigenvalue weighted by Crippen LogP contribution is 2.34. The number of hydrogen-bond acceptors (Lipinski definition) is 7. The van der Waals surface area contributed by atoms with Gasteiger partial charge in [0.05, 0.1) is 25.2 Å². The lowest BCUT2D eigenvalue weighted by Gasteiger charge is -2.28. The molecular weight excluding hydrogens is 360 g/mol. The van der Waals surface area contributed by atoms with Crippen LogP contribution in [0.4, 0.5) is 4.79 Å². The molecule has 0 radical (unpaired) electrons. The summed E-state index contributed by atoms with van der Waals surface area (Å²) in [6, 6.07) is 4.60. The summed E-state index contributed by atoms with van der Waals surface area (Å²) in [5.41, 5.74) is 0.602. The number of amides is 3. The molecule has 0 unspecified atom stereocenters. The van der Waals surface area contributed by atoms with Gasteiger partial charge in [0.2, 0.25) is 5.91 Å². The first-order chi connectivity index (χ1) is 12.5. The fraction of sp³-hybridized carbons (Fsp3) is 0.353. The Balaban J connectivity index is 1.73. The van der Waals surface area contributed by atoms with Gasteiger partial charge >= 0.3 is 0 Å². The summed E-state index contributed by atoms with van der Waals surface area (Å²) in [4.78, 5) is 39.7. The fourth-order valence-electron chi connectivity index (χ4n) is 2.62. The number of benzene rings is 1. The molecule has 3 rings (SSSR count). The molecule has 1 aromatic rings. The standard InChI is InChI=1S/C17H18N2O6S/c1-24-13-8-11(2-3-12(13)20)9-14-16(22)19(17(23)26-14)10-15(21)18-4-6-25-7-5-18/h2-3,8-9,20H,4-7,10H2,1H3/b14-9-. The van der Waals surface area contributed by atoms with Crippen molar-refractivity contribution in [1.82, 2.24) is 9.80 Å². The SMILES string of the molecule is COc1cc(/C=C2\SC(=O)N(CC(=O)N3CCOCC3)C2=O)ccc1O. The zero-order chi connectivity index (χ0) is 18.7. The monoisotopic (exact) mass is 378 g/mol. The number of nitrogens with zero attached hydrogens (tertiary/aromatic N) is 2. The number of ether oxygens (including phenoxy) is 2. The third-order valence-corrected chi connectivity index (χ3v) is 4.94. The van der Waals surface area contributed by atoms with E-state index in [0.29, 0.717) is 31.9 Å². The number of aromatic hydroxyl groups is 1. The molecule has 8 nitrogen and oxygen atoms in total. The first kappa shape index (κ1) is 18.3. The summed E-state index contributed by atoms with van der Waals surface area (Å²) >= 11 is 0.783. The molecule has 2 heterocycles. The van der Waals surface area contributed by atoms with Crippen LogP contribution >= 0.6 is 11.8 Å². The summed E-state index contributed by atoms with van der Waals surface area (Å²) in [5.74, 6) is -0.536. The second-order valence-corrected chi connectivity index (χ2v) is 6.69. The van der Waals surface area contributed by atoms with Crippen molar-refractivity contribution < 1.29 is 29.0 Å². The van der Waals surface area contributed by atoms with Gasteiger partial charge in [0.25, 0.3) is 11.1 Å². The summed E-state index contributed by atoms with van der Waals surface area (Å²) in [6.45, 7) is 1.55. The second-order valence-electron chi connectivity index (χ2n) is 5.69. The fourth-order valence-corrected chi connectivity index (χ4v) is 3.46. The van der Waals surface area contributed by atoms with Crippen molar-refractivity contribution in [3.63, 3.8) is 0 Å². The van der Waals surface area contributed by atoms with Crippen molar-refractivity contribution in [2.24, 2.45) is 0 Å². The van der Waals surface area contributed by atoms with E-state index < -0.39 is 11.1 Å². The summed E-state index contributed by atoms with van der Waals surface area (Å²) < 4.78 is 10.2. The van der Waals surface area contributed by atoms with Crippen LogP contribution in [-0.2, 0) is 14.3 Å². The van der Waals surface area contributed by atoms with E-state index in [0.717, 1.165) is 16.7 Å². The highest BCUT2D eigenvalue weighted by Gasteiger charge is 2.37. The van der Waals surface area contributed by atoms with Gasteiger partial charge in [0.1, 0.15) is 6.54 Å². The zero-order valence-corrected chi connectivity index (χ0v) is 15.0. The molecule has 138 valence electrons. The molecule has 26 heavy (non-hydrogen) atoms. The van der Waals surface area contributed by atoms with E-state index in [-0.39, 0.29) is 28.9 Å². The number of thioether (sulfide) groups is 1. The molecule has 2 aliphatic heterocycles. The molecule has 0 aromatic heterocycles. The first-order valence-corrected chi connectivity index (χ1v) is 8.79. The Morgan fingerprint density at radius 3 is 2.77 bits per heavy atom. The van der Waals surface area contributed by atoms with Crippen LogP contribution in [0.25, 0.3) is 6.08 Å². The summed E-state index contributed by atoms with van der Waals surface area (Å²) in [7, 11) is 1.42. The van der Waals surface area contributed by atoms with Gasteiger partial charge in [0.15, 0.2) is 11.5 Å². The van der Waals surface area contributed by atoms with Crippen LogP contribution in [0.15, 0.2) is 23.1 Å². The summed E-state index contributed by atoms with van der Waals surface area (Å²) in [5, 5.41) is 9.15. The largest absolute Gasteiger partial charge is 0.504 e. The van der Waals surface area contributed by atoms with Gasteiger partial charge in [-0.1, -0.05) is 6.07 Å². The maximum atomic E-state index is 12.5. The van der Waals surface area contributed by atoms with Crippen LogP contribution in [0, 0.1) is 0 Å². The molecular formula is C17H18N2O6S. The normalized spacial score (nSPS) is 19.3. The van der Waals surface area contributed by atoms with Gasteiger partial charge in [-0.15, -0.1) is 0 Å². The Kier molecular flexibility index (Phi) is 5.48. The number of carbonyl (C=O) groups is 3. The highest BCUT2D eigenvalue weighted by molar-refractivity contribution is 8.18. The Morgan fingerprint density at radius 1 is 1.35 bits per heavy atom. The maximum Gasteiger partial charge on any atom is 0.294 e.